The predicted molar refractivity (Wildman–Crippen MR) is 92.9 cm³/mol. The zero-order valence-electron chi connectivity index (χ0n) is 12.7. The molecule has 1 heterocycles. The van der Waals surface area contributed by atoms with Crippen LogP contribution in [0.1, 0.15) is 16.1 Å². The van der Waals surface area contributed by atoms with E-state index in [0.29, 0.717) is 5.76 Å². The normalized spacial score (nSPS) is 11.0. The Morgan fingerprint density at radius 3 is 2.39 bits per heavy atom. The molecule has 3 aromatic carbocycles. The van der Waals surface area contributed by atoms with Gasteiger partial charge in [0.2, 0.25) is 0 Å². The molecular weight excluding hydrogens is 286 g/mol. The SMILES string of the molecule is Cc1c(C(=O)Nc2cccc3ccccc23)oc2ccccc12. The molecule has 23 heavy (non-hydrogen) atoms. The zero-order valence-corrected chi connectivity index (χ0v) is 12.7. The molecule has 0 fully saturated rings. The summed E-state index contributed by atoms with van der Waals surface area (Å²) in [6, 6.07) is 21.5. The summed E-state index contributed by atoms with van der Waals surface area (Å²) in [6.45, 7) is 1.91. The van der Waals surface area contributed by atoms with Crippen molar-refractivity contribution in [2.75, 3.05) is 5.32 Å². The van der Waals surface area contributed by atoms with Gasteiger partial charge in [-0.3, -0.25) is 4.79 Å². The van der Waals surface area contributed by atoms with Gasteiger partial charge in [0, 0.05) is 22.0 Å². The molecule has 3 nitrogen and oxygen atoms in total. The molecule has 112 valence electrons. The molecule has 1 N–H and O–H groups in total. The molecule has 0 spiro atoms. The van der Waals surface area contributed by atoms with Crippen LogP contribution in [0.5, 0.6) is 0 Å². The number of para-hydroxylation sites is 1. The van der Waals surface area contributed by atoms with Crippen LogP contribution >= 0.6 is 0 Å². The summed E-state index contributed by atoms with van der Waals surface area (Å²) in [5, 5.41) is 6.04. The Bertz CT molecular complexity index is 1020. The Morgan fingerprint density at radius 2 is 1.57 bits per heavy atom. The second-order valence-electron chi connectivity index (χ2n) is 5.53. The highest BCUT2D eigenvalue weighted by atomic mass is 16.3. The summed E-state index contributed by atoms with van der Waals surface area (Å²) in [5.74, 6) is 0.134. The number of carbonyl (C=O) groups is 1. The Morgan fingerprint density at radius 1 is 0.870 bits per heavy atom. The fourth-order valence-electron chi connectivity index (χ4n) is 2.90. The number of aryl methyl sites for hydroxylation is 1. The van der Waals surface area contributed by atoms with Crippen LogP contribution in [0.2, 0.25) is 0 Å². The Labute approximate surface area is 133 Å². The standard InChI is InChI=1S/C20H15NO2/c1-13-15-9-4-5-12-18(15)23-19(13)20(22)21-17-11-6-8-14-7-2-3-10-16(14)17/h2-12H,1H3,(H,21,22). The predicted octanol–water partition coefficient (Wildman–Crippen LogP) is 5.15. The Hall–Kier alpha value is -3.07. The Balaban J connectivity index is 1.75. The van der Waals surface area contributed by atoms with E-state index in [1.165, 1.54) is 0 Å². The van der Waals surface area contributed by atoms with Crippen molar-refractivity contribution in [2.24, 2.45) is 0 Å². The summed E-state index contributed by atoms with van der Waals surface area (Å²) in [7, 11) is 0. The van der Waals surface area contributed by atoms with Gasteiger partial charge in [0.1, 0.15) is 5.58 Å². The van der Waals surface area contributed by atoms with Crippen LogP contribution in [0.4, 0.5) is 5.69 Å². The fourth-order valence-corrected chi connectivity index (χ4v) is 2.90. The van der Waals surface area contributed by atoms with E-state index in [4.69, 9.17) is 4.42 Å². The maximum absolute atomic E-state index is 12.6. The number of hydrogen-bond donors (Lipinski definition) is 1. The first kappa shape index (κ1) is 13.6. The molecule has 3 heteroatoms. The van der Waals surface area contributed by atoms with Crippen molar-refractivity contribution in [1.82, 2.24) is 0 Å². The van der Waals surface area contributed by atoms with Crippen LogP contribution in [0.25, 0.3) is 21.7 Å². The van der Waals surface area contributed by atoms with E-state index in [1.807, 2.05) is 73.7 Å². The zero-order chi connectivity index (χ0) is 15.8. The quantitative estimate of drug-likeness (QED) is 0.556. The second kappa shape index (κ2) is 5.29. The molecule has 1 amide bonds. The molecule has 4 rings (SSSR count). The summed E-state index contributed by atoms with van der Waals surface area (Å²) in [5.41, 5.74) is 2.37. The molecule has 0 atom stereocenters. The average molecular weight is 301 g/mol. The van der Waals surface area contributed by atoms with Gasteiger partial charge in [-0.1, -0.05) is 54.6 Å². The van der Waals surface area contributed by atoms with Gasteiger partial charge in [-0.25, -0.2) is 0 Å². The van der Waals surface area contributed by atoms with Crippen molar-refractivity contribution in [3.63, 3.8) is 0 Å². The molecule has 0 saturated carbocycles. The summed E-state index contributed by atoms with van der Waals surface area (Å²) >= 11 is 0. The summed E-state index contributed by atoms with van der Waals surface area (Å²) in [6.07, 6.45) is 0. The monoisotopic (exact) mass is 301 g/mol. The number of furan rings is 1. The molecular formula is C20H15NO2. The maximum Gasteiger partial charge on any atom is 0.291 e. The highest BCUT2D eigenvalue weighted by Gasteiger charge is 2.18. The lowest BCUT2D eigenvalue weighted by Crippen LogP contribution is -2.12. The van der Waals surface area contributed by atoms with E-state index in [9.17, 15) is 4.79 Å². The fraction of sp³-hybridized carbons (Fsp3) is 0.0500. The van der Waals surface area contributed by atoms with E-state index < -0.39 is 0 Å². The van der Waals surface area contributed by atoms with Crippen molar-refractivity contribution in [2.45, 2.75) is 6.92 Å². The van der Waals surface area contributed by atoms with Gasteiger partial charge < -0.3 is 9.73 Å². The topological polar surface area (TPSA) is 42.2 Å². The third-order valence-corrected chi connectivity index (χ3v) is 4.09. The van der Waals surface area contributed by atoms with Gasteiger partial charge in [-0.2, -0.15) is 0 Å². The molecule has 0 aliphatic carbocycles. The van der Waals surface area contributed by atoms with Crippen LogP contribution in [0, 0.1) is 6.92 Å². The van der Waals surface area contributed by atoms with Crippen LogP contribution < -0.4 is 5.32 Å². The van der Waals surface area contributed by atoms with Gasteiger partial charge in [-0.15, -0.1) is 0 Å². The minimum Gasteiger partial charge on any atom is -0.451 e. The molecule has 0 aliphatic heterocycles. The summed E-state index contributed by atoms with van der Waals surface area (Å²) in [4.78, 5) is 12.6. The van der Waals surface area contributed by atoms with Gasteiger partial charge in [0.05, 0.1) is 0 Å². The molecule has 1 aromatic heterocycles. The first-order valence-electron chi connectivity index (χ1n) is 7.51. The molecule has 0 unspecified atom stereocenters. The largest absolute Gasteiger partial charge is 0.451 e. The molecule has 0 bridgehead atoms. The third kappa shape index (κ3) is 2.27. The number of amides is 1. The second-order valence-corrected chi connectivity index (χ2v) is 5.53. The van der Waals surface area contributed by atoms with E-state index in [2.05, 4.69) is 5.32 Å². The highest BCUT2D eigenvalue weighted by molar-refractivity contribution is 6.10. The number of nitrogens with one attached hydrogen (secondary N) is 1. The Kier molecular flexibility index (Phi) is 3.12. The van der Waals surface area contributed by atoms with Crippen LogP contribution in [-0.2, 0) is 0 Å². The lowest BCUT2D eigenvalue weighted by molar-refractivity contribution is 0.0998. The number of anilines is 1. The molecule has 0 radical (unpaired) electrons. The van der Waals surface area contributed by atoms with Crippen molar-refractivity contribution in [3.8, 4) is 0 Å². The number of fused-ring (bicyclic) bond motifs is 2. The van der Waals surface area contributed by atoms with Crippen molar-refractivity contribution < 1.29 is 9.21 Å². The third-order valence-electron chi connectivity index (χ3n) is 4.09. The molecule has 0 saturated heterocycles. The van der Waals surface area contributed by atoms with Crippen molar-refractivity contribution in [3.05, 3.63) is 78.1 Å². The number of rotatable bonds is 2. The van der Waals surface area contributed by atoms with Gasteiger partial charge in [0.25, 0.3) is 5.91 Å². The van der Waals surface area contributed by atoms with E-state index in [0.717, 1.165) is 33.0 Å². The molecule has 4 aromatic rings. The van der Waals surface area contributed by atoms with E-state index >= 15 is 0 Å². The smallest absolute Gasteiger partial charge is 0.291 e. The lowest BCUT2D eigenvalue weighted by Gasteiger charge is -2.07. The summed E-state index contributed by atoms with van der Waals surface area (Å²) < 4.78 is 5.73. The minimum absolute atomic E-state index is 0.227. The van der Waals surface area contributed by atoms with Crippen molar-refractivity contribution >= 4 is 33.3 Å². The van der Waals surface area contributed by atoms with Crippen molar-refractivity contribution in [1.29, 1.82) is 0 Å². The van der Waals surface area contributed by atoms with Crippen LogP contribution in [-0.4, -0.2) is 5.91 Å². The van der Waals surface area contributed by atoms with Crippen LogP contribution in [0.15, 0.2) is 71.1 Å². The number of benzene rings is 3. The highest BCUT2D eigenvalue weighted by Crippen LogP contribution is 2.27. The first-order valence-corrected chi connectivity index (χ1v) is 7.51. The van der Waals surface area contributed by atoms with Gasteiger partial charge >= 0.3 is 0 Å². The van der Waals surface area contributed by atoms with E-state index in [1.54, 1.807) is 0 Å². The van der Waals surface area contributed by atoms with Crippen LogP contribution in [0.3, 0.4) is 0 Å². The average Bonchev–Trinajstić information content (AvgIpc) is 2.93. The maximum atomic E-state index is 12.6. The first-order chi connectivity index (χ1) is 11.2. The van der Waals surface area contributed by atoms with E-state index in [-0.39, 0.29) is 5.91 Å². The number of carbonyl (C=O) groups excluding carboxylic acids is 1. The molecule has 0 aliphatic rings. The lowest BCUT2D eigenvalue weighted by atomic mass is 10.1. The number of hydrogen-bond acceptors (Lipinski definition) is 2. The minimum atomic E-state index is -0.227. The van der Waals surface area contributed by atoms with Gasteiger partial charge in [0.15, 0.2) is 5.76 Å². The van der Waals surface area contributed by atoms with Gasteiger partial charge in [-0.05, 0) is 24.4 Å².